The maximum atomic E-state index is 5.40. The van der Waals surface area contributed by atoms with Crippen molar-refractivity contribution in [1.82, 2.24) is 5.48 Å². The standard InChI is InChI=1S/C14H14BrNO/c15-14-8-4-7-13(9-14)10-16-17-11-12-5-2-1-3-6-12/h1-9,16H,10-11H2. The van der Waals surface area contributed by atoms with Crippen molar-refractivity contribution in [1.29, 1.82) is 0 Å². The van der Waals surface area contributed by atoms with Gasteiger partial charge in [0.05, 0.1) is 6.61 Å². The minimum Gasteiger partial charge on any atom is -0.297 e. The Kier molecular flexibility index (Phi) is 4.74. The smallest absolute Gasteiger partial charge is 0.0933 e. The van der Waals surface area contributed by atoms with Gasteiger partial charge in [-0.1, -0.05) is 58.4 Å². The number of rotatable bonds is 5. The number of halogens is 1. The van der Waals surface area contributed by atoms with E-state index in [-0.39, 0.29) is 0 Å². The van der Waals surface area contributed by atoms with Crippen molar-refractivity contribution in [3.05, 3.63) is 70.2 Å². The molecule has 17 heavy (non-hydrogen) atoms. The topological polar surface area (TPSA) is 21.3 Å². The van der Waals surface area contributed by atoms with Crippen LogP contribution in [0.15, 0.2) is 59.1 Å². The number of hydrogen-bond acceptors (Lipinski definition) is 2. The first kappa shape index (κ1) is 12.3. The van der Waals surface area contributed by atoms with Gasteiger partial charge in [0, 0.05) is 11.0 Å². The summed E-state index contributed by atoms with van der Waals surface area (Å²) >= 11 is 3.44. The molecule has 0 atom stereocenters. The molecule has 2 rings (SSSR count). The second-order valence-electron chi connectivity index (χ2n) is 3.73. The molecule has 0 saturated heterocycles. The fourth-order valence-electron chi connectivity index (χ4n) is 1.49. The molecule has 2 aromatic carbocycles. The Bertz CT molecular complexity index is 459. The highest BCUT2D eigenvalue weighted by Crippen LogP contribution is 2.11. The van der Waals surface area contributed by atoms with Gasteiger partial charge in [0.25, 0.3) is 0 Å². The normalized spacial score (nSPS) is 10.4. The predicted molar refractivity (Wildman–Crippen MR) is 72.2 cm³/mol. The van der Waals surface area contributed by atoms with E-state index in [1.54, 1.807) is 0 Å². The summed E-state index contributed by atoms with van der Waals surface area (Å²) in [5.41, 5.74) is 5.31. The minimum absolute atomic E-state index is 0.578. The monoisotopic (exact) mass is 291 g/mol. The Morgan fingerprint density at radius 1 is 0.941 bits per heavy atom. The van der Waals surface area contributed by atoms with E-state index in [0.717, 1.165) is 10.0 Å². The molecule has 0 fully saturated rings. The summed E-state index contributed by atoms with van der Waals surface area (Å²) in [6, 6.07) is 18.2. The molecule has 0 heterocycles. The lowest BCUT2D eigenvalue weighted by atomic mass is 10.2. The lowest BCUT2D eigenvalue weighted by Gasteiger charge is -2.06. The van der Waals surface area contributed by atoms with Gasteiger partial charge in [0.1, 0.15) is 0 Å². The van der Waals surface area contributed by atoms with Crippen molar-refractivity contribution < 1.29 is 4.84 Å². The molecule has 3 heteroatoms. The zero-order valence-corrected chi connectivity index (χ0v) is 11.0. The Hall–Kier alpha value is -1.16. The van der Waals surface area contributed by atoms with Crippen LogP contribution in [0.4, 0.5) is 0 Å². The molecule has 0 spiro atoms. The van der Waals surface area contributed by atoms with Gasteiger partial charge in [-0.2, -0.15) is 5.48 Å². The van der Waals surface area contributed by atoms with Gasteiger partial charge in [0.2, 0.25) is 0 Å². The number of hydroxylamine groups is 1. The van der Waals surface area contributed by atoms with Crippen LogP contribution in [0.25, 0.3) is 0 Å². The Labute approximate surface area is 110 Å². The first-order valence-electron chi connectivity index (χ1n) is 5.47. The third-order valence-electron chi connectivity index (χ3n) is 2.35. The van der Waals surface area contributed by atoms with Crippen molar-refractivity contribution in [2.24, 2.45) is 0 Å². The van der Waals surface area contributed by atoms with Crippen LogP contribution in [0.1, 0.15) is 11.1 Å². The fourth-order valence-corrected chi connectivity index (χ4v) is 1.94. The maximum absolute atomic E-state index is 5.40. The van der Waals surface area contributed by atoms with Crippen molar-refractivity contribution in [2.45, 2.75) is 13.2 Å². The van der Waals surface area contributed by atoms with Gasteiger partial charge in [0.15, 0.2) is 0 Å². The summed E-state index contributed by atoms with van der Waals surface area (Å²) in [4.78, 5) is 5.40. The van der Waals surface area contributed by atoms with Crippen LogP contribution in [-0.4, -0.2) is 0 Å². The van der Waals surface area contributed by atoms with E-state index in [1.165, 1.54) is 5.56 Å². The van der Waals surface area contributed by atoms with Crippen LogP contribution < -0.4 is 5.48 Å². The number of nitrogens with one attached hydrogen (secondary N) is 1. The molecule has 2 nitrogen and oxygen atoms in total. The zero-order valence-electron chi connectivity index (χ0n) is 9.40. The third kappa shape index (κ3) is 4.30. The van der Waals surface area contributed by atoms with E-state index in [1.807, 2.05) is 42.5 Å². The average Bonchev–Trinajstić information content (AvgIpc) is 2.36. The molecule has 0 bridgehead atoms. The molecule has 0 unspecified atom stereocenters. The van der Waals surface area contributed by atoms with Crippen molar-refractivity contribution in [3.8, 4) is 0 Å². The van der Waals surface area contributed by atoms with E-state index >= 15 is 0 Å². The molecule has 0 radical (unpaired) electrons. The summed E-state index contributed by atoms with van der Waals surface area (Å²) < 4.78 is 1.08. The van der Waals surface area contributed by atoms with Crippen LogP contribution in [0, 0.1) is 0 Å². The predicted octanol–water partition coefficient (Wildman–Crippen LogP) is 3.67. The van der Waals surface area contributed by atoms with E-state index in [4.69, 9.17) is 4.84 Å². The lowest BCUT2D eigenvalue weighted by Crippen LogP contribution is -2.13. The zero-order chi connectivity index (χ0) is 11.9. The van der Waals surface area contributed by atoms with Gasteiger partial charge >= 0.3 is 0 Å². The van der Waals surface area contributed by atoms with Gasteiger partial charge < -0.3 is 0 Å². The van der Waals surface area contributed by atoms with Crippen molar-refractivity contribution in [2.75, 3.05) is 0 Å². The fraction of sp³-hybridized carbons (Fsp3) is 0.143. The van der Waals surface area contributed by atoms with E-state index in [9.17, 15) is 0 Å². The number of benzene rings is 2. The minimum atomic E-state index is 0.578. The maximum Gasteiger partial charge on any atom is 0.0933 e. The van der Waals surface area contributed by atoms with Crippen LogP contribution in [-0.2, 0) is 18.0 Å². The summed E-state index contributed by atoms with van der Waals surface area (Å²) in [6.45, 7) is 1.28. The highest BCUT2D eigenvalue weighted by Gasteiger charge is 1.94. The quantitative estimate of drug-likeness (QED) is 0.670. The molecular formula is C14H14BrNO. The van der Waals surface area contributed by atoms with Crippen LogP contribution in [0.3, 0.4) is 0 Å². The molecule has 88 valence electrons. The Morgan fingerprint density at radius 2 is 1.71 bits per heavy atom. The van der Waals surface area contributed by atoms with Gasteiger partial charge in [-0.3, -0.25) is 4.84 Å². The summed E-state index contributed by atoms with van der Waals surface area (Å²) in [6.07, 6.45) is 0. The Balaban J connectivity index is 1.73. The largest absolute Gasteiger partial charge is 0.297 e. The second kappa shape index (κ2) is 6.55. The Morgan fingerprint density at radius 3 is 2.47 bits per heavy atom. The van der Waals surface area contributed by atoms with Crippen molar-refractivity contribution in [3.63, 3.8) is 0 Å². The molecule has 1 N–H and O–H groups in total. The first-order chi connectivity index (χ1) is 8.34. The molecule has 0 aliphatic heterocycles. The van der Waals surface area contributed by atoms with E-state index < -0.39 is 0 Å². The molecule has 2 aromatic rings. The molecule has 0 amide bonds. The van der Waals surface area contributed by atoms with Crippen LogP contribution >= 0.6 is 15.9 Å². The second-order valence-corrected chi connectivity index (χ2v) is 4.64. The van der Waals surface area contributed by atoms with Gasteiger partial charge in [-0.15, -0.1) is 0 Å². The summed E-state index contributed by atoms with van der Waals surface area (Å²) in [7, 11) is 0. The molecule has 0 aromatic heterocycles. The van der Waals surface area contributed by atoms with Crippen LogP contribution in [0.5, 0.6) is 0 Å². The highest BCUT2D eigenvalue weighted by atomic mass is 79.9. The molecule has 0 saturated carbocycles. The summed E-state index contributed by atoms with van der Waals surface area (Å²) in [5.74, 6) is 0. The summed E-state index contributed by atoms with van der Waals surface area (Å²) in [5, 5.41) is 0. The first-order valence-corrected chi connectivity index (χ1v) is 6.27. The lowest BCUT2D eigenvalue weighted by molar-refractivity contribution is 0.0235. The SMILES string of the molecule is Brc1cccc(CNOCc2ccccc2)c1. The molecular weight excluding hydrogens is 278 g/mol. The van der Waals surface area contributed by atoms with Crippen LogP contribution in [0.2, 0.25) is 0 Å². The van der Waals surface area contributed by atoms with Crippen molar-refractivity contribution >= 4 is 15.9 Å². The van der Waals surface area contributed by atoms with E-state index in [0.29, 0.717) is 13.2 Å². The van der Waals surface area contributed by atoms with E-state index in [2.05, 4.69) is 33.5 Å². The third-order valence-corrected chi connectivity index (χ3v) is 2.84. The molecule has 0 aliphatic rings. The average molecular weight is 292 g/mol. The highest BCUT2D eigenvalue weighted by molar-refractivity contribution is 9.10. The van der Waals surface area contributed by atoms with Gasteiger partial charge in [-0.25, -0.2) is 0 Å². The molecule has 0 aliphatic carbocycles. The number of hydrogen-bond donors (Lipinski definition) is 1. The van der Waals surface area contributed by atoms with Gasteiger partial charge in [-0.05, 0) is 23.3 Å².